The molecule has 3 unspecified atom stereocenters. The lowest BCUT2D eigenvalue weighted by molar-refractivity contribution is -0.147. The molecule has 3 atom stereocenters. The van der Waals surface area contributed by atoms with E-state index in [-0.39, 0.29) is 18.1 Å². The van der Waals surface area contributed by atoms with Crippen LogP contribution in [0, 0.1) is 0 Å². The van der Waals surface area contributed by atoms with Gasteiger partial charge in [0.1, 0.15) is 5.54 Å². The number of hydrogen-bond donors (Lipinski definition) is 2. The second-order valence-electron chi connectivity index (χ2n) is 5.22. The summed E-state index contributed by atoms with van der Waals surface area (Å²) >= 11 is 0. The summed E-state index contributed by atoms with van der Waals surface area (Å²) in [6.45, 7) is 5.30. The van der Waals surface area contributed by atoms with Gasteiger partial charge in [-0.15, -0.1) is 0 Å². The minimum atomic E-state index is -1.17. The fraction of sp³-hybridized carbons (Fsp3) is 0.846. The van der Waals surface area contributed by atoms with E-state index in [0.29, 0.717) is 19.3 Å². The third-order valence-electron chi connectivity index (χ3n) is 3.61. The molecule has 0 spiro atoms. The number of carbonyl (C=O) groups excluding carboxylic acids is 1. The largest absolute Gasteiger partial charge is 0.480 e. The van der Waals surface area contributed by atoms with Gasteiger partial charge in [0.2, 0.25) is 5.91 Å². The van der Waals surface area contributed by atoms with Gasteiger partial charge >= 0.3 is 5.97 Å². The molecule has 1 heterocycles. The zero-order valence-electron chi connectivity index (χ0n) is 11.4. The van der Waals surface area contributed by atoms with Crippen molar-refractivity contribution in [3.8, 4) is 0 Å². The Bertz CT molecular complexity index is 318. The maximum atomic E-state index is 11.7. The molecule has 0 aliphatic carbocycles. The summed E-state index contributed by atoms with van der Waals surface area (Å²) in [5, 5.41) is 11.6. The SMILES string of the molecule is CCC(C)(NC(=O)CCC1CCC(C)O1)C(=O)O. The van der Waals surface area contributed by atoms with E-state index in [1.165, 1.54) is 6.92 Å². The maximum absolute atomic E-state index is 11.7. The van der Waals surface area contributed by atoms with Crippen molar-refractivity contribution in [1.29, 1.82) is 0 Å². The molecule has 104 valence electrons. The topological polar surface area (TPSA) is 75.6 Å². The van der Waals surface area contributed by atoms with Crippen molar-refractivity contribution in [3.05, 3.63) is 0 Å². The van der Waals surface area contributed by atoms with E-state index in [1.807, 2.05) is 6.92 Å². The van der Waals surface area contributed by atoms with Gasteiger partial charge in [0.15, 0.2) is 0 Å². The Kier molecular flexibility index (Phi) is 5.14. The average molecular weight is 257 g/mol. The Morgan fingerprint density at radius 3 is 2.56 bits per heavy atom. The first-order valence-corrected chi connectivity index (χ1v) is 6.57. The molecule has 0 aromatic carbocycles. The predicted octanol–water partition coefficient (Wildman–Crippen LogP) is 1.70. The van der Waals surface area contributed by atoms with E-state index < -0.39 is 11.5 Å². The first-order chi connectivity index (χ1) is 8.37. The molecule has 1 aliphatic rings. The van der Waals surface area contributed by atoms with Crippen LogP contribution in [-0.2, 0) is 14.3 Å². The molecule has 2 N–H and O–H groups in total. The molecule has 0 saturated carbocycles. The van der Waals surface area contributed by atoms with Gasteiger partial charge in [0, 0.05) is 6.42 Å². The van der Waals surface area contributed by atoms with Gasteiger partial charge in [-0.1, -0.05) is 6.92 Å². The van der Waals surface area contributed by atoms with Crippen molar-refractivity contribution >= 4 is 11.9 Å². The Morgan fingerprint density at radius 1 is 1.44 bits per heavy atom. The molecule has 1 aliphatic heterocycles. The van der Waals surface area contributed by atoms with Crippen molar-refractivity contribution in [3.63, 3.8) is 0 Å². The zero-order valence-corrected chi connectivity index (χ0v) is 11.4. The van der Waals surface area contributed by atoms with Crippen molar-refractivity contribution < 1.29 is 19.4 Å². The van der Waals surface area contributed by atoms with Gasteiger partial charge in [-0.05, 0) is 39.5 Å². The highest BCUT2D eigenvalue weighted by Crippen LogP contribution is 2.22. The quantitative estimate of drug-likeness (QED) is 0.759. The third-order valence-corrected chi connectivity index (χ3v) is 3.61. The highest BCUT2D eigenvalue weighted by molar-refractivity contribution is 5.86. The fourth-order valence-electron chi connectivity index (χ4n) is 2.05. The van der Waals surface area contributed by atoms with Crippen LogP contribution in [0.5, 0.6) is 0 Å². The number of rotatable bonds is 6. The number of nitrogens with one attached hydrogen (secondary N) is 1. The van der Waals surface area contributed by atoms with E-state index in [4.69, 9.17) is 9.84 Å². The molecule has 18 heavy (non-hydrogen) atoms. The van der Waals surface area contributed by atoms with Crippen molar-refractivity contribution in [2.75, 3.05) is 0 Å². The van der Waals surface area contributed by atoms with Crippen LogP contribution in [0.2, 0.25) is 0 Å². The summed E-state index contributed by atoms with van der Waals surface area (Å²) in [6, 6.07) is 0. The average Bonchev–Trinajstić information content (AvgIpc) is 2.72. The van der Waals surface area contributed by atoms with E-state index >= 15 is 0 Å². The molecule has 0 radical (unpaired) electrons. The second-order valence-corrected chi connectivity index (χ2v) is 5.22. The molecule has 5 heteroatoms. The molecule has 1 amide bonds. The van der Waals surface area contributed by atoms with Crippen LogP contribution in [0.4, 0.5) is 0 Å². The van der Waals surface area contributed by atoms with Crippen molar-refractivity contribution in [2.45, 2.75) is 70.6 Å². The minimum absolute atomic E-state index is 0.142. The van der Waals surface area contributed by atoms with E-state index in [0.717, 1.165) is 12.8 Å². The van der Waals surface area contributed by atoms with Crippen LogP contribution in [0.25, 0.3) is 0 Å². The minimum Gasteiger partial charge on any atom is -0.480 e. The van der Waals surface area contributed by atoms with Gasteiger partial charge in [-0.25, -0.2) is 4.79 Å². The van der Waals surface area contributed by atoms with Crippen molar-refractivity contribution in [1.82, 2.24) is 5.32 Å². The summed E-state index contributed by atoms with van der Waals surface area (Å²) in [4.78, 5) is 22.8. The fourth-order valence-corrected chi connectivity index (χ4v) is 2.05. The second kappa shape index (κ2) is 6.18. The molecule has 1 rings (SSSR count). The molecular formula is C13H23NO4. The summed E-state index contributed by atoms with van der Waals surface area (Å²) in [5.74, 6) is -1.21. The molecule has 5 nitrogen and oxygen atoms in total. The highest BCUT2D eigenvalue weighted by Gasteiger charge is 2.33. The Hall–Kier alpha value is -1.10. The van der Waals surface area contributed by atoms with Crippen LogP contribution in [-0.4, -0.2) is 34.7 Å². The number of carbonyl (C=O) groups is 2. The molecule has 0 bridgehead atoms. The Balaban J connectivity index is 2.35. The van der Waals surface area contributed by atoms with Gasteiger partial charge in [-0.2, -0.15) is 0 Å². The third kappa shape index (κ3) is 3.98. The van der Waals surface area contributed by atoms with Gasteiger partial charge in [0.05, 0.1) is 12.2 Å². The lowest BCUT2D eigenvalue weighted by atomic mass is 9.98. The first-order valence-electron chi connectivity index (χ1n) is 6.57. The lowest BCUT2D eigenvalue weighted by Crippen LogP contribution is -2.51. The lowest BCUT2D eigenvalue weighted by Gasteiger charge is -2.24. The standard InChI is InChI=1S/C13H23NO4/c1-4-13(3,12(16)17)14-11(15)8-7-10-6-5-9(2)18-10/h9-10H,4-8H2,1-3H3,(H,14,15)(H,16,17). The smallest absolute Gasteiger partial charge is 0.329 e. The number of amides is 1. The number of hydrogen-bond acceptors (Lipinski definition) is 3. The molecule has 0 aromatic heterocycles. The van der Waals surface area contributed by atoms with Gasteiger partial charge < -0.3 is 15.2 Å². The summed E-state index contributed by atoms with van der Waals surface area (Å²) in [7, 11) is 0. The van der Waals surface area contributed by atoms with Crippen LogP contribution in [0.15, 0.2) is 0 Å². The molecular weight excluding hydrogens is 234 g/mol. The first kappa shape index (κ1) is 15.0. The van der Waals surface area contributed by atoms with E-state index in [1.54, 1.807) is 6.92 Å². The van der Waals surface area contributed by atoms with Gasteiger partial charge in [-0.3, -0.25) is 4.79 Å². The Morgan fingerprint density at radius 2 is 2.11 bits per heavy atom. The van der Waals surface area contributed by atoms with Crippen LogP contribution >= 0.6 is 0 Å². The van der Waals surface area contributed by atoms with Gasteiger partial charge in [0.25, 0.3) is 0 Å². The monoisotopic (exact) mass is 257 g/mol. The highest BCUT2D eigenvalue weighted by atomic mass is 16.5. The van der Waals surface area contributed by atoms with Crippen LogP contribution < -0.4 is 5.32 Å². The normalized spacial score (nSPS) is 26.6. The number of carboxylic acid groups (broad SMARTS) is 1. The Labute approximate surface area is 108 Å². The summed E-state index contributed by atoms with van der Waals surface area (Å²) < 4.78 is 5.62. The number of ether oxygens (including phenoxy) is 1. The van der Waals surface area contributed by atoms with E-state index in [9.17, 15) is 9.59 Å². The maximum Gasteiger partial charge on any atom is 0.329 e. The molecule has 1 saturated heterocycles. The zero-order chi connectivity index (χ0) is 13.8. The van der Waals surface area contributed by atoms with Crippen LogP contribution in [0.3, 0.4) is 0 Å². The number of aliphatic carboxylic acids is 1. The predicted molar refractivity (Wildman–Crippen MR) is 67.3 cm³/mol. The summed E-state index contributed by atoms with van der Waals surface area (Å²) in [6.07, 6.45) is 3.79. The molecule has 0 aromatic rings. The van der Waals surface area contributed by atoms with Crippen molar-refractivity contribution in [2.24, 2.45) is 0 Å². The van der Waals surface area contributed by atoms with Crippen LogP contribution in [0.1, 0.15) is 52.9 Å². The number of carboxylic acids is 1. The summed E-state index contributed by atoms with van der Waals surface area (Å²) in [5.41, 5.74) is -1.17. The van der Waals surface area contributed by atoms with E-state index in [2.05, 4.69) is 5.32 Å². The molecule has 1 fully saturated rings.